The van der Waals surface area contributed by atoms with Crippen LogP contribution < -0.4 is 10.2 Å². The van der Waals surface area contributed by atoms with E-state index in [0.717, 1.165) is 18.5 Å². The zero-order valence-corrected chi connectivity index (χ0v) is 12.9. The van der Waals surface area contributed by atoms with Crippen molar-refractivity contribution in [3.05, 3.63) is 29.8 Å². The molecule has 1 N–H and O–H groups in total. The summed E-state index contributed by atoms with van der Waals surface area (Å²) in [5.74, 6) is 0.744. The van der Waals surface area contributed by atoms with Gasteiger partial charge < -0.3 is 10.2 Å². The molecule has 1 aromatic carbocycles. The van der Waals surface area contributed by atoms with Crippen LogP contribution in [0.1, 0.15) is 51.5 Å². The third kappa shape index (κ3) is 2.71. The van der Waals surface area contributed by atoms with Crippen LogP contribution in [0.4, 0.5) is 5.69 Å². The predicted octanol–water partition coefficient (Wildman–Crippen LogP) is 3.95. The molecule has 0 bridgehead atoms. The van der Waals surface area contributed by atoms with Crippen molar-refractivity contribution in [1.29, 1.82) is 0 Å². The van der Waals surface area contributed by atoms with Gasteiger partial charge in [-0.05, 0) is 30.4 Å². The summed E-state index contributed by atoms with van der Waals surface area (Å²) in [6.07, 6.45) is 6.82. The molecular formula is C18H28N2. The molecule has 20 heavy (non-hydrogen) atoms. The van der Waals surface area contributed by atoms with Crippen molar-refractivity contribution in [2.24, 2.45) is 5.92 Å². The van der Waals surface area contributed by atoms with Crippen LogP contribution in [0.25, 0.3) is 0 Å². The van der Waals surface area contributed by atoms with Gasteiger partial charge in [0.15, 0.2) is 0 Å². The number of rotatable bonds is 3. The Hall–Kier alpha value is -1.02. The highest BCUT2D eigenvalue weighted by Crippen LogP contribution is 2.33. The second kappa shape index (κ2) is 6.17. The molecule has 1 aliphatic heterocycles. The highest BCUT2D eigenvalue weighted by molar-refractivity contribution is 5.55. The summed E-state index contributed by atoms with van der Waals surface area (Å²) < 4.78 is 0. The lowest BCUT2D eigenvalue weighted by Crippen LogP contribution is -2.45. The Morgan fingerprint density at radius 2 is 2.00 bits per heavy atom. The highest BCUT2D eigenvalue weighted by Gasteiger charge is 2.30. The van der Waals surface area contributed by atoms with Crippen LogP contribution in [-0.4, -0.2) is 18.6 Å². The zero-order valence-electron chi connectivity index (χ0n) is 12.9. The lowest BCUT2D eigenvalue weighted by atomic mass is 9.98. The maximum absolute atomic E-state index is 3.80. The minimum absolute atomic E-state index is 0.619. The Morgan fingerprint density at radius 1 is 1.25 bits per heavy atom. The van der Waals surface area contributed by atoms with Gasteiger partial charge in [-0.2, -0.15) is 0 Å². The second-order valence-corrected chi connectivity index (χ2v) is 6.59. The smallest absolute Gasteiger partial charge is 0.0414 e. The molecule has 0 aromatic heterocycles. The number of nitrogens with one attached hydrogen (secondary N) is 1. The Balaban J connectivity index is 1.89. The maximum Gasteiger partial charge on any atom is 0.0414 e. The SMILES string of the molecule is CCC(C)C1CN(C2CCCC2)c2ccccc2CN1. The summed E-state index contributed by atoms with van der Waals surface area (Å²) in [5, 5.41) is 3.80. The fourth-order valence-electron chi connectivity index (χ4n) is 3.78. The molecule has 2 unspecified atom stereocenters. The Labute approximate surface area is 123 Å². The van der Waals surface area contributed by atoms with E-state index in [2.05, 4.69) is 48.3 Å². The van der Waals surface area contributed by atoms with Gasteiger partial charge in [0.05, 0.1) is 0 Å². The molecule has 2 aliphatic rings. The van der Waals surface area contributed by atoms with Gasteiger partial charge in [0, 0.05) is 30.9 Å². The molecular weight excluding hydrogens is 244 g/mol. The normalized spacial score (nSPS) is 25.3. The van der Waals surface area contributed by atoms with Gasteiger partial charge in [-0.3, -0.25) is 0 Å². The number of anilines is 1. The van der Waals surface area contributed by atoms with E-state index >= 15 is 0 Å². The third-order valence-corrected chi connectivity index (χ3v) is 5.35. The molecule has 0 saturated heterocycles. The van der Waals surface area contributed by atoms with E-state index in [0.29, 0.717) is 6.04 Å². The molecule has 1 fully saturated rings. The van der Waals surface area contributed by atoms with Gasteiger partial charge in [-0.15, -0.1) is 0 Å². The van der Waals surface area contributed by atoms with Crippen LogP contribution >= 0.6 is 0 Å². The van der Waals surface area contributed by atoms with Gasteiger partial charge in [-0.1, -0.05) is 51.3 Å². The molecule has 3 rings (SSSR count). The molecule has 0 spiro atoms. The van der Waals surface area contributed by atoms with Gasteiger partial charge in [0.2, 0.25) is 0 Å². The van der Waals surface area contributed by atoms with Crippen LogP contribution in [0.15, 0.2) is 24.3 Å². The molecule has 2 nitrogen and oxygen atoms in total. The summed E-state index contributed by atoms with van der Waals surface area (Å²) in [7, 11) is 0. The average molecular weight is 272 g/mol. The molecule has 2 atom stereocenters. The van der Waals surface area contributed by atoms with Gasteiger partial charge in [-0.25, -0.2) is 0 Å². The molecule has 1 aromatic rings. The Bertz CT molecular complexity index is 437. The monoisotopic (exact) mass is 272 g/mol. The number of hydrogen-bond donors (Lipinski definition) is 1. The molecule has 2 heteroatoms. The van der Waals surface area contributed by atoms with E-state index < -0.39 is 0 Å². The average Bonchev–Trinajstić information content (AvgIpc) is 2.94. The van der Waals surface area contributed by atoms with Crippen molar-refractivity contribution in [1.82, 2.24) is 5.32 Å². The van der Waals surface area contributed by atoms with Gasteiger partial charge >= 0.3 is 0 Å². The molecule has 0 radical (unpaired) electrons. The van der Waals surface area contributed by atoms with Crippen LogP contribution in [0, 0.1) is 5.92 Å². The fourth-order valence-corrected chi connectivity index (χ4v) is 3.78. The predicted molar refractivity (Wildman–Crippen MR) is 86.1 cm³/mol. The first-order valence-electron chi connectivity index (χ1n) is 8.37. The molecule has 1 aliphatic carbocycles. The van der Waals surface area contributed by atoms with E-state index in [4.69, 9.17) is 0 Å². The topological polar surface area (TPSA) is 15.3 Å². The minimum atomic E-state index is 0.619. The van der Waals surface area contributed by atoms with Gasteiger partial charge in [0.1, 0.15) is 0 Å². The summed E-state index contributed by atoms with van der Waals surface area (Å²) >= 11 is 0. The van der Waals surface area contributed by atoms with Gasteiger partial charge in [0.25, 0.3) is 0 Å². The fraction of sp³-hybridized carbons (Fsp3) is 0.667. The first-order chi connectivity index (χ1) is 9.79. The number of para-hydroxylation sites is 1. The van der Waals surface area contributed by atoms with Crippen LogP contribution in [0.2, 0.25) is 0 Å². The largest absolute Gasteiger partial charge is 0.367 e. The number of hydrogen-bond acceptors (Lipinski definition) is 2. The van der Waals surface area contributed by atoms with Crippen molar-refractivity contribution in [3.63, 3.8) is 0 Å². The highest BCUT2D eigenvalue weighted by atomic mass is 15.2. The van der Waals surface area contributed by atoms with Crippen molar-refractivity contribution in [2.45, 2.75) is 64.6 Å². The van der Waals surface area contributed by atoms with E-state index in [9.17, 15) is 0 Å². The van der Waals surface area contributed by atoms with E-state index in [1.807, 2.05) is 0 Å². The molecule has 110 valence electrons. The Morgan fingerprint density at radius 3 is 2.75 bits per heavy atom. The van der Waals surface area contributed by atoms with Crippen molar-refractivity contribution < 1.29 is 0 Å². The summed E-state index contributed by atoms with van der Waals surface area (Å²) in [6.45, 7) is 6.90. The second-order valence-electron chi connectivity index (χ2n) is 6.59. The zero-order chi connectivity index (χ0) is 13.9. The Kier molecular flexibility index (Phi) is 4.30. The van der Waals surface area contributed by atoms with Crippen LogP contribution in [-0.2, 0) is 6.54 Å². The summed E-state index contributed by atoms with van der Waals surface area (Å²) in [4.78, 5) is 2.72. The van der Waals surface area contributed by atoms with E-state index in [1.54, 1.807) is 0 Å². The number of fused-ring (bicyclic) bond motifs is 1. The lowest BCUT2D eigenvalue weighted by molar-refractivity contribution is 0.363. The molecule has 0 amide bonds. The number of nitrogens with zero attached hydrogens (tertiary/aromatic N) is 1. The summed E-state index contributed by atoms with van der Waals surface area (Å²) in [5.41, 5.74) is 2.96. The van der Waals surface area contributed by atoms with Crippen LogP contribution in [0.5, 0.6) is 0 Å². The molecule has 1 heterocycles. The van der Waals surface area contributed by atoms with Crippen molar-refractivity contribution in [3.8, 4) is 0 Å². The third-order valence-electron chi connectivity index (χ3n) is 5.35. The maximum atomic E-state index is 3.80. The van der Waals surface area contributed by atoms with E-state index in [1.165, 1.54) is 49.9 Å². The standard InChI is InChI=1S/C18H28N2/c1-3-14(2)17-13-20(16-9-5-6-10-16)18-11-7-4-8-15(18)12-19-17/h4,7-8,11,14,16-17,19H,3,5-6,9-10,12-13H2,1-2H3. The van der Waals surface area contributed by atoms with Crippen LogP contribution in [0.3, 0.4) is 0 Å². The van der Waals surface area contributed by atoms with Crippen molar-refractivity contribution in [2.75, 3.05) is 11.4 Å². The van der Waals surface area contributed by atoms with Crippen molar-refractivity contribution >= 4 is 5.69 Å². The molecule has 1 saturated carbocycles. The lowest BCUT2D eigenvalue weighted by Gasteiger charge is -2.35. The number of benzene rings is 1. The quantitative estimate of drug-likeness (QED) is 0.896. The first kappa shape index (κ1) is 13.9. The minimum Gasteiger partial charge on any atom is -0.367 e. The first-order valence-corrected chi connectivity index (χ1v) is 8.37. The van der Waals surface area contributed by atoms with E-state index in [-0.39, 0.29) is 0 Å². The summed E-state index contributed by atoms with van der Waals surface area (Å²) in [6, 6.07) is 10.4.